The largest absolute Gasteiger partial charge is 0.383 e. The van der Waals surface area contributed by atoms with Crippen LogP contribution in [0.3, 0.4) is 0 Å². The third-order valence-corrected chi connectivity index (χ3v) is 5.52. The zero-order chi connectivity index (χ0) is 19.3. The van der Waals surface area contributed by atoms with Crippen molar-refractivity contribution >= 4 is 33.1 Å². The number of aliphatic hydroxyl groups excluding tert-OH is 1. The predicted octanol–water partition coefficient (Wildman–Crippen LogP) is 2.47. The number of hydrogen-bond donors (Lipinski definition) is 2. The lowest BCUT2D eigenvalue weighted by Gasteiger charge is -2.17. The maximum absolute atomic E-state index is 12.1. The molecule has 0 saturated carbocycles. The Labute approximate surface area is 157 Å². The van der Waals surface area contributed by atoms with E-state index in [1.807, 2.05) is 6.92 Å². The zero-order valence-corrected chi connectivity index (χ0v) is 15.9. The summed E-state index contributed by atoms with van der Waals surface area (Å²) in [7, 11) is -4.00. The van der Waals surface area contributed by atoms with Gasteiger partial charge >= 0.3 is 5.97 Å². The lowest BCUT2D eigenvalue weighted by molar-refractivity contribution is -0.149. The van der Waals surface area contributed by atoms with Crippen molar-refractivity contribution in [3.8, 4) is 0 Å². The molecule has 2 N–H and O–H groups in total. The van der Waals surface area contributed by atoms with E-state index >= 15 is 0 Å². The van der Waals surface area contributed by atoms with E-state index in [1.165, 1.54) is 19.1 Å². The third-order valence-electron chi connectivity index (χ3n) is 3.75. The van der Waals surface area contributed by atoms with Gasteiger partial charge < -0.3 is 9.94 Å². The van der Waals surface area contributed by atoms with E-state index in [-0.39, 0.29) is 9.76 Å². The number of nitrogens with one attached hydrogen (secondary N) is 1. The molecule has 26 heavy (non-hydrogen) atoms. The first-order valence-electron chi connectivity index (χ1n) is 7.78. The van der Waals surface area contributed by atoms with Crippen LogP contribution in [0.1, 0.15) is 24.2 Å². The van der Waals surface area contributed by atoms with Crippen LogP contribution < -0.4 is 4.89 Å². The van der Waals surface area contributed by atoms with Crippen molar-refractivity contribution in [2.24, 2.45) is 5.92 Å². The van der Waals surface area contributed by atoms with E-state index in [4.69, 9.17) is 12.2 Å². The smallest absolute Gasteiger partial charge is 0.333 e. The summed E-state index contributed by atoms with van der Waals surface area (Å²) in [5.74, 6) is -1.89. The van der Waals surface area contributed by atoms with Gasteiger partial charge in [0.25, 0.3) is 10.0 Å². The van der Waals surface area contributed by atoms with Crippen molar-refractivity contribution in [3.05, 3.63) is 65.7 Å². The maximum atomic E-state index is 12.1. The Kier molecular flexibility index (Phi) is 6.60. The maximum Gasteiger partial charge on any atom is 0.333 e. The highest BCUT2D eigenvalue weighted by molar-refractivity contribution is 7.89. The summed E-state index contributed by atoms with van der Waals surface area (Å²) in [4.78, 5) is 18.6. The van der Waals surface area contributed by atoms with E-state index in [1.54, 1.807) is 47.3 Å². The molecule has 0 spiro atoms. The Morgan fingerprint density at radius 3 is 2.27 bits per heavy atom. The van der Waals surface area contributed by atoms with Crippen LogP contribution in [0, 0.1) is 12.8 Å². The fourth-order valence-electron chi connectivity index (χ4n) is 2.10. The van der Waals surface area contributed by atoms with Gasteiger partial charge in [0.05, 0.1) is 10.8 Å². The number of sulfonamides is 1. The summed E-state index contributed by atoms with van der Waals surface area (Å²) < 4.78 is 24.3. The Morgan fingerprint density at radius 2 is 1.69 bits per heavy atom. The summed E-state index contributed by atoms with van der Waals surface area (Å²) in [6.45, 7) is 3.27. The molecule has 0 heterocycles. The molecule has 0 radical (unpaired) electrons. The quantitative estimate of drug-likeness (QED) is 0.555. The van der Waals surface area contributed by atoms with Crippen LogP contribution in [0.2, 0.25) is 0 Å². The van der Waals surface area contributed by atoms with Gasteiger partial charge in [0.15, 0.2) is 0 Å². The van der Waals surface area contributed by atoms with Crippen molar-refractivity contribution in [1.82, 2.24) is 4.89 Å². The van der Waals surface area contributed by atoms with E-state index in [9.17, 15) is 18.3 Å². The van der Waals surface area contributed by atoms with Crippen molar-refractivity contribution in [2.75, 3.05) is 0 Å². The minimum absolute atomic E-state index is 0.0320. The standard InChI is InChI=1S/C18H19NO5S2/c1-12-8-10-15(11-9-12)26(22,23)19-24-18(21)13(2)17(25)16(20)14-6-4-3-5-7-14/h3-11,13,16,19-20H,1-2H3. The summed E-state index contributed by atoms with van der Waals surface area (Å²) >= 11 is 5.14. The van der Waals surface area contributed by atoms with Crippen molar-refractivity contribution < 1.29 is 23.2 Å². The number of rotatable bonds is 7. The van der Waals surface area contributed by atoms with Crippen LogP contribution >= 0.6 is 12.2 Å². The fourth-order valence-corrected chi connectivity index (χ4v) is 3.12. The van der Waals surface area contributed by atoms with Gasteiger partial charge in [-0.15, -0.1) is 0 Å². The lowest BCUT2D eigenvalue weighted by Crippen LogP contribution is -2.33. The van der Waals surface area contributed by atoms with Gasteiger partial charge in [0.2, 0.25) is 0 Å². The first-order chi connectivity index (χ1) is 12.2. The second-order valence-corrected chi connectivity index (χ2v) is 7.87. The molecule has 0 aromatic heterocycles. The molecular formula is C18H19NO5S2. The highest BCUT2D eigenvalue weighted by Crippen LogP contribution is 2.20. The summed E-state index contributed by atoms with van der Waals surface area (Å²) in [6, 6.07) is 14.7. The topological polar surface area (TPSA) is 92.7 Å². The molecule has 0 aliphatic carbocycles. The normalized spacial score (nSPS) is 13.7. The first kappa shape index (κ1) is 20.2. The average molecular weight is 393 g/mol. The molecule has 2 rings (SSSR count). The number of hydrogen-bond acceptors (Lipinski definition) is 6. The number of carbonyl (C=O) groups is 1. The minimum Gasteiger partial charge on any atom is -0.383 e. The Balaban J connectivity index is 2.00. The molecule has 2 atom stereocenters. The predicted molar refractivity (Wildman–Crippen MR) is 101 cm³/mol. The average Bonchev–Trinajstić information content (AvgIpc) is 2.65. The van der Waals surface area contributed by atoms with Gasteiger partial charge in [-0.05, 0) is 36.4 Å². The number of benzene rings is 2. The van der Waals surface area contributed by atoms with E-state index in [2.05, 4.69) is 4.84 Å². The SMILES string of the molecule is Cc1ccc(S(=O)(=O)NOC(=O)C(C)C(=S)C(O)c2ccccc2)cc1. The minimum atomic E-state index is -4.00. The highest BCUT2D eigenvalue weighted by Gasteiger charge is 2.27. The van der Waals surface area contributed by atoms with E-state index < -0.39 is 28.0 Å². The van der Waals surface area contributed by atoms with Crippen LogP contribution in [0.5, 0.6) is 0 Å². The van der Waals surface area contributed by atoms with E-state index in [0.717, 1.165) is 5.56 Å². The van der Waals surface area contributed by atoms with Gasteiger partial charge in [-0.3, -0.25) is 0 Å². The molecular weight excluding hydrogens is 374 g/mol. The second-order valence-electron chi connectivity index (χ2n) is 5.76. The molecule has 0 aliphatic heterocycles. The van der Waals surface area contributed by atoms with Crippen molar-refractivity contribution in [1.29, 1.82) is 0 Å². The van der Waals surface area contributed by atoms with Crippen LogP contribution in [0.15, 0.2) is 59.5 Å². The molecule has 8 heteroatoms. The number of aryl methyl sites for hydroxylation is 1. The number of thiocarbonyl (C=S) groups is 1. The van der Waals surface area contributed by atoms with Crippen LogP contribution in [0.25, 0.3) is 0 Å². The van der Waals surface area contributed by atoms with E-state index in [0.29, 0.717) is 5.56 Å². The van der Waals surface area contributed by atoms with Gasteiger partial charge in [-0.2, -0.15) is 0 Å². The second kappa shape index (κ2) is 8.50. The van der Waals surface area contributed by atoms with Crippen LogP contribution in [-0.4, -0.2) is 24.4 Å². The Bertz CT molecular complexity index is 880. The number of aliphatic hydroxyl groups is 1. The third kappa shape index (κ3) is 4.95. The molecule has 138 valence electrons. The lowest BCUT2D eigenvalue weighted by atomic mass is 9.98. The molecule has 0 aliphatic rings. The molecule has 0 bridgehead atoms. The fraction of sp³-hybridized carbons (Fsp3) is 0.222. The van der Waals surface area contributed by atoms with Gasteiger partial charge in [0, 0.05) is 4.86 Å². The molecule has 0 amide bonds. The summed E-state index contributed by atoms with van der Waals surface area (Å²) in [5.41, 5.74) is 1.44. The molecule has 0 saturated heterocycles. The monoisotopic (exact) mass is 393 g/mol. The van der Waals surface area contributed by atoms with Crippen LogP contribution in [-0.2, 0) is 19.7 Å². The van der Waals surface area contributed by atoms with Crippen LogP contribution in [0.4, 0.5) is 0 Å². The summed E-state index contributed by atoms with van der Waals surface area (Å²) in [5, 5.41) is 10.3. The zero-order valence-electron chi connectivity index (χ0n) is 14.2. The molecule has 6 nitrogen and oxygen atoms in total. The molecule has 2 aromatic carbocycles. The van der Waals surface area contributed by atoms with Crippen molar-refractivity contribution in [3.63, 3.8) is 0 Å². The Morgan fingerprint density at radius 1 is 1.12 bits per heavy atom. The molecule has 0 fully saturated rings. The number of carbonyl (C=O) groups excluding carboxylic acids is 1. The molecule has 2 aromatic rings. The van der Waals surface area contributed by atoms with Gasteiger partial charge in [-0.25, -0.2) is 13.2 Å². The Hall–Kier alpha value is -2.13. The highest BCUT2D eigenvalue weighted by atomic mass is 32.2. The van der Waals surface area contributed by atoms with Gasteiger partial charge in [0.1, 0.15) is 6.10 Å². The summed E-state index contributed by atoms with van der Waals surface area (Å²) in [6.07, 6.45) is -1.14. The van der Waals surface area contributed by atoms with Gasteiger partial charge in [-0.1, -0.05) is 60.2 Å². The van der Waals surface area contributed by atoms with Crippen molar-refractivity contribution in [2.45, 2.75) is 24.8 Å². The molecule has 2 unspecified atom stereocenters. The first-order valence-corrected chi connectivity index (χ1v) is 9.67.